The second-order valence-electron chi connectivity index (χ2n) is 8.20. The molecule has 2 fully saturated rings. The zero-order valence-electron chi connectivity index (χ0n) is 16.8. The highest BCUT2D eigenvalue weighted by Gasteiger charge is 2.27. The Balaban J connectivity index is 1.42. The van der Waals surface area contributed by atoms with Gasteiger partial charge in [-0.1, -0.05) is 26.7 Å². The van der Waals surface area contributed by atoms with Crippen molar-refractivity contribution >= 4 is 11.7 Å². The van der Waals surface area contributed by atoms with Crippen molar-refractivity contribution in [3.8, 4) is 11.5 Å². The molecule has 28 heavy (non-hydrogen) atoms. The smallest absolute Gasteiger partial charge is 0.251 e. The summed E-state index contributed by atoms with van der Waals surface area (Å²) >= 11 is 0. The first-order valence-corrected chi connectivity index (χ1v) is 10.4. The maximum atomic E-state index is 12.6. The van der Waals surface area contributed by atoms with Gasteiger partial charge in [-0.05, 0) is 30.9 Å². The van der Waals surface area contributed by atoms with E-state index in [0.29, 0.717) is 23.6 Å². The van der Waals surface area contributed by atoms with Gasteiger partial charge in [0.15, 0.2) is 0 Å². The van der Waals surface area contributed by atoms with Crippen molar-refractivity contribution < 1.29 is 9.21 Å². The molecule has 7 nitrogen and oxygen atoms in total. The van der Waals surface area contributed by atoms with Gasteiger partial charge in [0.25, 0.3) is 5.89 Å². The Morgan fingerprint density at radius 3 is 2.61 bits per heavy atom. The van der Waals surface area contributed by atoms with Crippen LogP contribution in [-0.4, -0.2) is 52.2 Å². The Morgan fingerprint density at radius 1 is 1.18 bits per heavy atom. The number of carbonyl (C=O) groups excluding carboxylic acids is 1. The highest BCUT2D eigenvalue weighted by Crippen LogP contribution is 2.31. The molecular formula is C21H29N5O2. The van der Waals surface area contributed by atoms with Gasteiger partial charge in [0, 0.05) is 44.7 Å². The molecule has 0 spiro atoms. The van der Waals surface area contributed by atoms with Gasteiger partial charge in [-0.2, -0.15) is 0 Å². The quantitative estimate of drug-likeness (QED) is 0.787. The van der Waals surface area contributed by atoms with Gasteiger partial charge >= 0.3 is 0 Å². The second-order valence-corrected chi connectivity index (χ2v) is 8.20. The lowest BCUT2D eigenvalue weighted by molar-refractivity contribution is -0.132. The van der Waals surface area contributed by atoms with Crippen molar-refractivity contribution in [3.63, 3.8) is 0 Å². The van der Waals surface area contributed by atoms with E-state index < -0.39 is 0 Å². The van der Waals surface area contributed by atoms with Crippen LogP contribution in [0.1, 0.15) is 57.8 Å². The minimum absolute atomic E-state index is 0.191. The summed E-state index contributed by atoms with van der Waals surface area (Å²) in [6.07, 6.45) is 7.49. The van der Waals surface area contributed by atoms with Crippen molar-refractivity contribution in [1.29, 1.82) is 0 Å². The molecule has 0 aromatic carbocycles. The van der Waals surface area contributed by atoms with Crippen molar-refractivity contribution in [2.24, 2.45) is 5.92 Å². The lowest BCUT2D eigenvalue weighted by Crippen LogP contribution is -2.49. The van der Waals surface area contributed by atoms with E-state index in [1.165, 1.54) is 25.7 Å². The van der Waals surface area contributed by atoms with Gasteiger partial charge in [-0.15, -0.1) is 10.2 Å². The number of anilines is 1. The molecule has 1 aliphatic heterocycles. The van der Waals surface area contributed by atoms with Crippen LogP contribution in [0.2, 0.25) is 0 Å². The maximum absolute atomic E-state index is 12.6. The third-order valence-electron chi connectivity index (χ3n) is 5.82. The SMILES string of the molecule is CC(C)c1nnc(-c2cccnc2N2CCN(C(=O)CC3CCCC3)CC2)o1. The summed E-state index contributed by atoms with van der Waals surface area (Å²) in [4.78, 5) is 21.4. The lowest BCUT2D eigenvalue weighted by atomic mass is 10.0. The minimum Gasteiger partial charge on any atom is -0.420 e. The summed E-state index contributed by atoms with van der Waals surface area (Å²) in [5.74, 6) is 3.09. The number of pyridine rings is 1. The number of rotatable bonds is 5. The van der Waals surface area contributed by atoms with Crippen LogP contribution in [0.25, 0.3) is 11.5 Å². The van der Waals surface area contributed by atoms with Crippen LogP contribution < -0.4 is 4.90 Å². The topological polar surface area (TPSA) is 75.4 Å². The number of carbonyl (C=O) groups is 1. The van der Waals surface area contributed by atoms with Gasteiger partial charge < -0.3 is 14.2 Å². The number of piperazine rings is 1. The van der Waals surface area contributed by atoms with E-state index >= 15 is 0 Å². The van der Waals surface area contributed by atoms with Crippen LogP contribution in [0.4, 0.5) is 5.82 Å². The van der Waals surface area contributed by atoms with E-state index in [4.69, 9.17) is 4.42 Å². The lowest BCUT2D eigenvalue weighted by Gasteiger charge is -2.36. The fourth-order valence-corrected chi connectivity index (χ4v) is 4.15. The highest BCUT2D eigenvalue weighted by molar-refractivity contribution is 5.77. The normalized spacial score (nSPS) is 18.2. The first-order valence-electron chi connectivity index (χ1n) is 10.4. The molecule has 1 amide bonds. The molecule has 1 aliphatic carbocycles. The number of hydrogen-bond acceptors (Lipinski definition) is 6. The predicted octanol–water partition coefficient (Wildman–Crippen LogP) is 3.48. The molecule has 1 saturated carbocycles. The molecule has 2 aliphatic rings. The first kappa shape index (κ1) is 18.9. The Morgan fingerprint density at radius 2 is 1.93 bits per heavy atom. The molecule has 150 valence electrons. The van der Waals surface area contributed by atoms with E-state index in [2.05, 4.69) is 20.1 Å². The van der Waals surface area contributed by atoms with E-state index in [1.807, 2.05) is 30.9 Å². The van der Waals surface area contributed by atoms with Crippen LogP contribution in [-0.2, 0) is 4.79 Å². The molecule has 4 rings (SSSR count). The third-order valence-corrected chi connectivity index (χ3v) is 5.82. The summed E-state index contributed by atoms with van der Waals surface area (Å²) in [6.45, 7) is 7.08. The Kier molecular flexibility index (Phi) is 5.59. The fourth-order valence-electron chi connectivity index (χ4n) is 4.15. The number of hydrogen-bond donors (Lipinski definition) is 0. The average Bonchev–Trinajstić information content (AvgIpc) is 3.40. The van der Waals surface area contributed by atoms with E-state index in [0.717, 1.165) is 44.0 Å². The van der Waals surface area contributed by atoms with E-state index in [-0.39, 0.29) is 5.92 Å². The van der Waals surface area contributed by atoms with Gasteiger partial charge in [-0.25, -0.2) is 4.98 Å². The second kappa shape index (κ2) is 8.29. The van der Waals surface area contributed by atoms with Gasteiger partial charge in [0.05, 0.1) is 5.56 Å². The van der Waals surface area contributed by atoms with Crippen LogP contribution >= 0.6 is 0 Å². The van der Waals surface area contributed by atoms with Crippen LogP contribution in [0, 0.1) is 5.92 Å². The molecule has 0 N–H and O–H groups in total. The standard InChI is InChI=1S/C21H29N5O2/c1-15(2)20-23-24-21(28-20)17-8-5-9-22-19(17)26-12-10-25(11-13-26)18(27)14-16-6-3-4-7-16/h5,8-9,15-16H,3-4,6-7,10-14H2,1-2H3. The van der Waals surface area contributed by atoms with Crippen molar-refractivity contribution in [2.75, 3.05) is 31.1 Å². The molecular weight excluding hydrogens is 354 g/mol. The van der Waals surface area contributed by atoms with E-state index in [9.17, 15) is 4.79 Å². The Hall–Kier alpha value is -2.44. The molecule has 0 bridgehead atoms. The number of amides is 1. The summed E-state index contributed by atoms with van der Waals surface area (Å²) in [5.41, 5.74) is 0.854. The van der Waals surface area contributed by atoms with Crippen molar-refractivity contribution in [3.05, 3.63) is 24.2 Å². The molecule has 0 unspecified atom stereocenters. The zero-order chi connectivity index (χ0) is 19.5. The minimum atomic E-state index is 0.191. The first-order chi connectivity index (χ1) is 13.6. The molecule has 1 saturated heterocycles. The Labute approximate surface area is 166 Å². The monoisotopic (exact) mass is 383 g/mol. The summed E-state index contributed by atoms with van der Waals surface area (Å²) < 4.78 is 5.84. The third kappa shape index (κ3) is 4.03. The summed E-state index contributed by atoms with van der Waals surface area (Å²) in [7, 11) is 0. The summed E-state index contributed by atoms with van der Waals surface area (Å²) in [6, 6.07) is 3.86. The van der Waals surface area contributed by atoms with E-state index in [1.54, 1.807) is 6.20 Å². The highest BCUT2D eigenvalue weighted by atomic mass is 16.4. The number of nitrogens with zero attached hydrogens (tertiary/aromatic N) is 5. The molecule has 2 aromatic heterocycles. The average molecular weight is 383 g/mol. The molecule has 0 radical (unpaired) electrons. The molecule has 0 atom stereocenters. The molecule has 2 aromatic rings. The van der Waals surface area contributed by atoms with Crippen molar-refractivity contribution in [1.82, 2.24) is 20.1 Å². The predicted molar refractivity (Wildman–Crippen MR) is 107 cm³/mol. The van der Waals surface area contributed by atoms with Crippen molar-refractivity contribution in [2.45, 2.75) is 51.9 Å². The van der Waals surface area contributed by atoms with Gasteiger partial charge in [0.2, 0.25) is 11.8 Å². The van der Waals surface area contributed by atoms with Gasteiger partial charge in [-0.3, -0.25) is 4.79 Å². The van der Waals surface area contributed by atoms with Crippen LogP contribution in [0.5, 0.6) is 0 Å². The molecule has 7 heteroatoms. The largest absolute Gasteiger partial charge is 0.420 e. The fraction of sp³-hybridized carbons (Fsp3) is 0.619. The van der Waals surface area contributed by atoms with Gasteiger partial charge in [0.1, 0.15) is 5.82 Å². The Bertz CT molecular complexity index is 805. The molecule has 3 heterocycles. The number of aromatic nitrogens is 3. The van der Waals surface area contributed by atoms with Crippen LogP contribution in [0.15, 0.2) is 22.7 Å². The summed E-state index contributed by atoms with van der Waals surface area (Å²) in [5, 5.41) is 8.36. The maximum Gasteiger partial charge on any atom is 0.251 e. The van der Waals surface area contributed by atoms with Crippen LogP contribution in [0.3, 0.4) is 0 Å². The zero-order valence-corrected chi connectivity index (χ0v) is 16.8.